The van der Waals surface area contributed by atoms with Crippen molar-refractivity contribution in [3.05, 3.63) is 59.4 Å². The lowest BCUT2D eigenvalue weighted by molar-refractivity contribution is 0.103. The van der Waals surface area contributed by atoms with Gasteiger partial charge in [-0.1, -0.05) is 0 Å². The van der Waals surface area contributed by atoms with Crippen LogP contribution >= 0.6 is 0 Å². The summed E-state index contributed by atoms with van der Waals surface area (Å²) < 4.78 is 31.8. The lowest BCUT2D eigenvalue weighted by atomic mass is 10.0. The van der Waals surface area contributed by atoms with Crippen LogP contribution in [0, 0.1) is 11.6 Å². The van der Waals surface area contributed by atoms with Crippen LogP contribution in [-0.4, -0.2) is 16.9 Å². The minimum absolute atomic E-state index is 0.0651. The summed E-state index contributed by atoms with van der Waals surface area (Å²) in [5.41, 5.74) is -0.0106. The van der Waals surface area contributed by atoms with Gasteiger partial charge < -0.3 is 4.74 Å². The van der Waals surface area contributed by atoms with Gasteiger partial charge in [-0.25, -0.2) is 8.78 Å². The Labute approximate surface area is 115 Å². The molecule has 1 aromatic carbocycles. The van der Waals surface area contributed by atoms with Gasteiger partial charge in [0.25, 0.3) is 0 Å². The monoisotopic (exact) mass is 277 g/mol. The number of hydrogen-bond acceptors (Lipinski definition) is 3. The zero-order valence-corrected chi connectivity index (χ0v) is 11.1. The molecule has 3 nitrogen and oxygen atoms in total. The summed E-state index contributed by atoms with van der Waals surface area (Å²) in [6.45, 7) is 3.68. The Morgan fingerprint density at radius 1 is 1.20 bits per heavy atom. The Hall–Kier alpha value is -2.30. The van der Waals surface area contributed by atoms with Crippen molar-refractivity contribution < 1.29 is 18.3 Å². The van der Waals surface area contributed by atoms with E-state index in [2.05, 4.69) is 4.98 Å². The molecule has 0 saturated carbocycles. The molecule has 0 atom stereocenters. The predicted molar refractivity (Wildman–Crippen MR) is 69.8 cm³/mol. The fourth-order valence-corrected chi connectivity index (χ4v) is 1.71. The second-order valence-corrected chi connectivity index (χ2v) is 4.53. The third kappa shape index (κ3) is 3.17. The van der Waals surface area contributed by atoms with Gasteiger partial charge in [-0.15, -0.1) is 0 Å². The van der Waals surface area contributed by atoms with Crippen molar-refractivity contribution in [2.24, 2.45) is 0 Å². The molecule has 0 amide bonds. The van der Waals surface area contributed by atoms with Gasteiger partial charge in [0.2, 0.25) is 0 Å². The first-order valence-electron chi connectivity index (χ1n) is 6.09. The Morgan fingerprint density at radius 3 is 2.60 bits per heavy atom. The normalized spacial score (nSPS) is 10.7. The molecule has 0 fully saturated rings. The van der Waals surface area contributed by atoms with E-state index in [-0.39, 0.29) is 17.2 Å². The third-order valence-electron chi connectivity index (χ3n) is 2.52. The molecule has 20 heavy (non-hydrogen) atoms. The van der Waals surface area contributed by atoms with Crippen molar-refractivity contribution in [1.29, 1.82) is 0 Å². The maximum absolute atomic E-state index is 13.6. The van der Waals surface area contributed by atoms with E-state index in [1.807, 2.05) is 13.8 Å². The summed E-state index contributed by atoms with van der Waals surface area (Å²) >= 11 is 0. The van der Waals surface area contributed by atoms with Gasteiger partial charge in [0.15, 0.2) is 5.78 Å². The summed E-state index contributed by atoms with van der Waals surface area (Å²) in [6.07, 6.45) is 2.72. The molecule has 2 aromatic rings. The molecular formula is C15H13F2NO2. The summed E-state index contributed by atoms with van der Waals surface area (Å²) in [5, 5.41) is 0. The van der Waals surface area contributed by atoms with Gasteiger partial charge in [0.1, 0.15) is 17.4 Å². The molecule has 0 spiro atoms. The highest BCUT2D eigenvalue weighted by Gasteiger charge is 2.16. The van der Waals surface area contributed by atoms with E-state index in [0.29, 0.717) is 11.8 Å². The molecule has 0 saturated heterocycles. The smallest absolute Gasteiger partial charge is 0.197 e. The van der Waals surface area contributed by atoms with Crippen LogP contribution in [0.1, 0.15) is 29.8 Å². The Kier molecular flexibility index (Phi) is 4.08. The molecule has 5 heteroatoms. The second-order valence-electron chi connectivity index (χ2n) is 4.53. The molecule has 0 aliphatic carbocycles. The topological polar surface area (TPSA) is 39.2 Å². The predicted octanol–water partition coefficient (Wildman–Crippen LogP) is 3.38. The average molecular weight is 277 g/mol. The van der Waals surface area contributed by atoms with Crippen LogP contribution in [0.15, 0.2) is 36.7 Å². The first-order chi connectivity index (χ1) is 9.47. The Balaban J connectivity index is 2.33. The zero-order valence-electron chi connectivity index (χ0n) is 11.1. The van der Waals surface area contributed by atoms with Crippen LogP contribution in [0.5, 0.6) is 5.75 Å². The van der Waals surface area contributed by atoms with Crippen LogP contribution in [-0.2, 0) is 0 Å². The minimum Gasteiger partial charge on any atom is -0.489 e. The van der Waals surface area contributed by atoms with Crippen molar-refractivity contribution in [3.63, 3.8) is 0 Å². The number of hydrogen-bond donors (Lipinski definition) is 0. The molecule has 1 aromatic heterocycles. The van der Waals surface area contributed by atoms with Crippen molar-refractivity contribution in [1.82, 2.24) is 4.98 Å². The quantitative estimate of drug-likeness (QED) is 0.804. The fraction of sp³-hybridized carbons (Fsp3) is 0.200. The molecule has 0 unspecified atom stereocenters. The van der Waals surface area contributed by atoms with Gasteiger partial charge in [-0.3, -0.25) is 9.78 Å². The van der Waals surface area contributed by atoms with Crippen LogP contribution in [0.3, 0.4) is 0 Å². The highest BCUT2D eigenvalue weighted by atomic mass is 19.1. The van der Waals surface area contributed by atoms with Crippen LogP contribution in [0.2, 0.25) is 0 Å². The fourth-order valence-electron chi connectivity index (χ4n) is 1.71. The molecule has 0 aliphatic heterocycles. The van der Waals surface area contributed by atoms with Gasteiger partial charge in [0, 0.05) is 17.8 Å². The SMILES string of the molecule is CC(C)Oc1cncc(C(=O)c2ccc(F)cc2F)c1. The van der Waals surface area contributed by atoms with E-state index in [1.165, 1.54) is 18.5 Å². The lowest BCUT2D eigenvalue weighted by Gasteiger charge is -2.10. The highest BCUT2D eigenvalue weighted by Crippen LogP contribution is 2.18. The molecule has 0 aliphatic rings. The van der Waals surface area contributed by atoms with E-state index in [0.717, 1.165) is 12.1 Å². The van der Waals surface area contributed by atoms with Crippen LogP contribution in [0.25, 0.3) is 0 Å². The lowest BCUT2D eigenvalue weighted by Crippen LogP contribution is -2.08. The molecular weight excluding hydrogens is 264 g/mol. The van der Waals surface area contributed by atoms with Crippen LogP contribution < -0.4 is 4.74 Å². The number of aromatic nitrogens is 1. The Bertz CT molecular complexity index is 642. The number of rotatable bonds is 4. The van der Waals surface area contributed by atoms with Gasteiger partial charge in [-0.05, 0) is 32.0 Å². The molecule has 104 valence electrons. The number of halogens is 2. The van der Waals surface area contributed by atoms with Crippen molar-refractivity contribution >= 4 is 5.78 Å². The highest BCUT2D eigenvalue weighted by molar-refractivity contribution is 6.09. The third-order valence-corrected chi connectivity index (χ3v) is 2.52. The van der Waals surface area contributed by atoms with E-state index >= 15 is 0 Å². The van der Waals surface area contributed by atoms with Gasteiger partial charge >= 0.3 is 0 Å². The molecule has 0 radical (unpaired) electrons. The number of ketones is 1. The van der Waals surface area contributed by atoms with Crippen LogP contribution in [0.4, 0.5) is 8.78 Å². The van der Waals surface area contributed by atoms with E-state index in [9.17, 15) is 13.6 Å². The molecule has 0 bridgehead atoms. The van der Waals surface area contributed by atoms with Gasteiger partial charge in [-0.2, -0.15) is 0 Å². The summed E-state index contributed by atoms with van der Waals surface area (Å²) in [6, 6.07) is 4.31. The number of benzene rings is 1. The number of carbonyl (C=O) groups excluding carboxylic acids is 1. The summed E-state index contributed by atoms with van der Waals surface area (Å²) in [7, 11) is 0. The van der Waals surface area contributed by atoms with Crippen molar-refractivity contribution in [3.8, 4) is 5.75 Å². The maximum atomic E-state index is 13.6. The second kappa shape index (κ2) is 5.77. The van der Waals surface area contributed by atoms with E-state index < -0.39 is 17.4 Å². The summed E-state index contributed by atoms with van der Waals surface area (Å²) in [4.78, 5) is 16.0. The van der Waals surface area contributed by atoms with E-state index in [4.69, 9.17) is 4.74 Å². The maximum Gasteiger partial charge on any atom is 0.197 e. The number of nitrogens with zero attached hydrogens (tertiary/aromatic N) is 1. The largest absolute Gasteiger partial charge is 0.489 e. The van der Waals surface area contributed by atoms with E-state index in [1.54, 1.807) is 0 Å². The first kappa shape index (κ1) is 14.1. The molecule has 1 heterocycles. The van der Waals surface area contributed by atoms with Gasteiger partial charge in [0.05, 0.1) is 17.9 Å². The average Bonchev–Trinajstić information content (AvgIpc) is 2.37. The Morgan fingerprint density at radius 2 is 1.95 bits per heavy atom. The molecule has 0 N–H and O–H groups in total. The number of carbonyl (C=O) groups is 1. The van der Waals surface area contributed by atoms with Crippen molar-refractivity contribution in [2.45, 2.75) is 20.0 Å². The summed E-state index contributed by atoms with van der Waals surface area (Å²) in [5.74, 6) is -1.77. The number of ether oxygens (including phenoxy) is 1. The zero-order chi connectivity index (χ0) is 14.7. The minimum atomic E-state index is -0.898. The molecule has 2 rings (SSSR count). The first-order valence-corrected chi connectivity index (χ1v) is 6.09. The standard InChI is InChI=1S/C15H13F2NO2/c1-9(2)20-12-5-10(7-18-8-12)15(19)13-4-3-11(16)6-14(13)17/h3-9H,1-2H3. The van der Waals surface area contributed by atoms with Crippen molar-refractivity contribution in [2.75, 3.05) is 0 Å². The number of pyridine rings is 1.